The van der Waals surface area contributed by atoms with E-state index in [9.17, 15) is 9.18 Å². The molecule has 1 amide bonds. The third-order valence-corrected chi connectivity index (χ3v) is 13.1. The van der Waals surface area contributed by atoms with Gasteiger partial charge in [0.1, 0.15) is 49.4 Å². The molecule has 4 aliphatic heterocycles. The van der Waals surface area contributed by atoms with Crippen LogP contribution in [0.4, 0.5) is 23.8 Å². The van der Waals surface area contributed by atoms with Crippen molar-refractivity contribution in [2.75, 3.05) is 51.6 Å². The van der Waals surface area contributed by atoms with Crippen molar-refractivity contribution in [3.63, 3.8) is 0 Å². The van der Waals surface area contributed by atoms with Crippen molar-refractivity contribution in [2.24, 2.45) is 0 Å². The van der Waals surface area contributed by atoms with E-state index in [2.05, 4.69) is 45.9 Å². The number of carbonyl (C=O) groups is 1. The molecule has 2 aromatic carbocycles. The lowest BCUT2D eigenvalue weighted by molar-refractivity contribution is 0.0122. The second kappa shape index (κ2) is 15.4. The molecule has 0 spiro atoms. The molecule has 12 nitrogen and oxygen atoms in total. The second-order valence-corrected chi connectivity index (χ2v) is 23.7. The molecule has 5 aromatic rings. The van der Waals surface area contributed by atoms with Gasteiger partial charge >= 0.3 is 12.1 Å². The molecule has 0 aliphatic carbocycles. The number of rotatable bonds is 8. The van der Waals surface area contributed by atoms with E-state index in [1.807, 2.05) is 25.7 Å². The van der Waals surface area contributed by atoms with E-state index in [0.29, 0.717) is 64.9 Å². The molecular weight excluding hydrogens is 804 g/mol. The van der Waals surface area contributed by atoms with Crippen LogP contribution >= 0.6 is 0 Å². The molecule has 16 heteroatoms. The van der Waals surface area contributed by atoms with Crippen LogP contribution in [0.25, 0.3) is 38.4 Å². The molecule has 3 aromatic heterocycles. The molecule has 0 radical (unpaired) electrons. The fourth-order valence-electron chi connectivity index (χ4n) is 9.76. The summed E-state index contributed by atoms with van der Waals surface area (Å²) in [5.74, 6) is 2.70. The number of carbonyl (C=O) groups excluding carboxylic acids is 1. The number of amides is 1. The van der Waals surface area contributed by atoms with E-state index in [1.165, 1.54) is 19.5 Å². The summed E-state index contributed by atoms with van der Waals surface area (Å²) in [5, 5.41) is 1.40. The molecule has 0 N–H and O–H groups in total. The number of hydrogen-bond acceptors (Lipinski definition) is 10. The maximum atomic E-state index is 18.2. The smallest absolute Gasteiger partial charge is 0.410 e. The van der Waals surface area contributed by atoms with E-state index in [-0.39, 0.29) is 54.4 Å². The average molecular weight is 856 g/mol. The van der Waals surface area contributed by atoms with Crippen LogP contribution < -0.4 is 14.4 Å². The van der Waals surface area contributed by atoms with Crippen molar-refractivity contribution in [3.05, 3.63) is 54.0 Å². The van der Waals surface area contributed by atoms with Crippen LogP contribution in [0.3, 0.4) is 0 Å². The van der Waals surface area contributed by atoms with Crippen molar-refractivity contribution in [1.29, 1.82) is 0 Å². The van der Waals surface area contributed by atoms with Crippen LogP contribution in [0.1, 0.15) is 58.4 Å². The SMILES string of the molecule is COCOc1cc(-c2c(F)c3nc(OC[C@@]45CCCN4C[C@H](F)C5)nc(N4C[C@H]5CC[C@@H](C4)N5C(=O)OC(C)(C)C)c3c3cncn23)c2c(C#C[Si](C)(C)C)c(F)ccc2c1. The molecule has 2 bridgehead atoms. The number of imidazole rings is 1. The first-order chi connectivity index (χ1) is 29.0. The summed E-state index contributed by atoms with van der Waals surface area (Å²) in [6.07, 6.45) is 5.41. The largest absolute Gasteiger partial charge is 0.468 e. The molecule has 61 heavy (non-hydrogen) atoms. The number of methoxy groups -OCH3 is 1. The quantitative estimate of drug-likeness (QED) is 0.0863. The number of benzene rings is 2. The molecule has 4 saturated heterocycles. The maximum absolute atomic E-state index is 18.2. The normalized spacial score (nSPS) is 22.9. The number of ether oxygens (including phenoxy) is 4. The van der Waals surface area contributed by atoms with Gasteiger partial charge in [0.2, 0.25) is 0 Å². The second-order valence-electron chi connectivity index (χ2n) is 18.9. The number of hydrogen-bond donors (Lipinski definition) is 0. The van der Waals surface area contributed by atoms with E-state index in [0.717, 1.165) is 32.2 Å². The van der Waals surface area contributed by atoms with Gasteiger partial charge in [0.05, 0.1) is 52.3 Å². The summed E-state index contributed by atoms with van der Waals surface area (Å²) in [7, 11) is -0.483. The Kier molecular flexibility index (Phi) is 10.4. The molecular formula is C45H52F3N7O5Si. The number of alkyl halides is 1. The summed E-state index contributed by atoms with van der Waals surface area (Å²) >= 11 is 0. The van der Waals surface area contributed by atoms with Crippen LogP contribution in [0.5, 0.6) is 11.8 Å². The van der Waals surface area contributed by atoms with Crippen LogP contribution in [0, 0.1) is 23.1 Å². The Morgan fingerprint density at radius 1 is 1.03 bits per heavy atom. The predicted octanol–water partition coefficient (Wildman–Crippen LogP) is 8.13. The van der Waals surface area contributed by atoms with Crippen LogP contribution in [-0.2, 0) is 9.47 Å². The summed E-state index contributed by atoms with van der Waals surface area (Å²) < 4.78 is 74.1. The highest BCUT2D eigenvalue weighted by Crippen LogP contribution is 2.44. The Hall–Kier alpha value is -5.11. The predicted molar refractivity (Wildman–Crippen MR) is 230 cm³/mol. The maximum Gasteiger partial charge on any atom is 0.410 e. The van der Waals surface area contributed by atoms with Crippen molar-refractivity contribution < 1.29 is 36.9 Å². The van der Waals surface area contributed by atoms with Crippen LogP contribution in [-0.4, -0.2) is 119 Å². The molecule has 4 atom stereocenters. The lowest BCUT2D eigenvalue weighted by atomic mass is 9.95. The first-order valence-corrected chi connectivity index (χ1v) is 24.6. The van der Waals surface area contributed by atoms with Crippen molar-refractivity contribution in [3.8, 4) is 34.5 Å². The van der Waals surface area contributed by atoms with Gasteiger partial charge in [0.15, 0.2) is 12.6 Å². The summed E-state index contributed by atoms with van der Waals surface area (Å²) in [4.78, 5) is 33.9. The Morgan fingerprint density at radius 2 is 1.80 bits per heavy atom. The Morgan fingerprint density at radius 3 is 2.52 bits per heavy atom. The Bertz CT molecular complexity index is 2610. The molecule has 7 heterocycles. The summed E-state index contributed by atoms with van der Waals surface area (Å²) in [6, 6.07) is 6.02. The average Bonchev–Trinajstić information content (AvgIpc) is 3.96. The van der Waals surface area contributed by atoms with E-state index >= 15 is 8.78 Å². The molecule has 322 valence electrons. The van der Waals surface area contributed by atoms with Gasteiger partial charge in [0.25, 0.3) is 0 Å². The van der Waals surface area contributed by atoms with Gasteiger partial charge in [-0.3, -0.25) is 14.2 Å². The highest BCUT2D eigenvalue weighted by Gasteiger charge is 2.50. The number of pyridine rings is 1. The third kappa shape index (κ3) is 7.63. The van der Waals surface area contributed by atoms with Gasteiger partial charge < -0.3 is 23.8 Å². The number of halogens is 3. The number of piperazine rings is 1. The molecule has 0 saturated carbocycles. The summed E-state index contributed by atoms with van der Waals surface area (Å²) in [5.41, 5.74) is 3.15. The number of anilines is 1. The van der Waals surface area contributed by atoms with Crippen molar-refractivity contribution in [1.82, 2.24) is 29.2 Å². The lowest BCUT2D eigenvalue weighted by Crippen LogP contribution is -2.57. The minimum Gasteiger partial charge on any atom is -0.468 e. The molecule has 4 fully saturated rings. The fraction of sp³-hybridized carbons (Fsp3) is 0.511. The summed E-state index contributed by atoms with van der Waals surface area (Å²) in [6.45, 7) is 13.8. The van der Waals surface area contributed by atoms with Gasteiger partial charge in [0, 0.05) is 44.1 Å². The van der Waals surface area contributed by atoms with Gasteiger partial charge in [-0.15, -0.1) is 5.54 Å². The highest BCUT2D eigenvalue weighted by atomic mass is 28.3. The number of nitrogens with zero attached hydrogens (tertiary/aromatic N) is 7. The minimum atomic E-state index is -1.99. The van der Waals surface area contributed by atoms with E-state index in [1.54, 1.807) is 28.8 Å². The molecule has 0 unspecified atom stereocenters. The van der Waals surface area contributed by atoms with Crippen molar-refractivity contribution >= 4 is 47.2 Å². The first kappa shape index (κ1) is 41.2. The molecule has 9 rings (SSSR count). The highest BCUT2D eigenvalue weighted by molar-refractivity contribution is 6.83. The van der Waals surface area contributed by atoms with Gasteiger partial charge in [-0.05, 0) is 76.6 Å². The number of fused-ring (bicyclic) bond motifs is 7. The number of aromatic nitrogens is 4. The zero-order chi connectivity index (χ0) is 43.0. The van der Waals surface area contributed by atoms with Crippen LogP contribution in [0.2, 0.25) is 19.6 Å². The van der Waals surface area contributed by atoms with Gasteiger partial charge in [-0.1, -0.05) is 31.6 Å². The van der Waals surface area contributed by atoms with Crippen LogP contribution in [0.15, 0.2) is 36.8 Å². The monoisotopic (exact) mass is 855 g/mol. The first-order valence-electron chi connectivity index (χ1n) is 21.1. The van der Waals surface area contributed by atoms with E-state index < -0.39 is 37.0 Å². The standard InChI is InChI=1S/C45H52F3N7O5Si/c1-44(2,3)60-43(56)55-29-10-11-30(55)23-52(22-29)41-37-35-20-49-25-54(35)40(38(48)39(37)50-42(51-41)58-24-45-14-8-15-53(45)21-28(46)19-45)33-18-31(59-26-57-4)17-27-9-12-34(47)32(36(27)33)13-16-61(5,6)7/h9,12,17-18,20,25,28-30H,8,10-11,14-15,19,21-24,26H2,1-7H3/t28-,29-,30+,45+/m1/s1. The topological polar surface area (TPSA) is 107 Å². The fourth-order valence-corrected chi connectivity index (χ4v) is 10.3. The van der Waals surface area contributed by atoms with E-state index in [4.69, 9.17) is 28.9 Å². The van der Waals surface area contributed by atoms with Crippen molar-refractivity contribution in [2.45, 2.75) is 102 Å². The molecule has 4 aliphatic rings. The Labute approximate surface area is 354 Å². The van der Waals surface area contributed by atoms with Gasteiger partial charge in [-0.2, -0.15) is 9.97 Å². The lowest BCUT2D eigenvalue weighted by Gasteiger charge is -2.42. The zero-order valence-corrected chi connectivity index (χ0v) is 36.8. The third-order valence-electron chi connectivity index (χ3n) is 12.2. The Balaban J connectivity index is 1.25. The van der Waals surface area contributed by atoms with Gasteiger partial charge in [-0.25, -0.2) is 22.9 Å². The minimum absolute atomic E-state index is 0.0250. The zero-order valence-electron chi connectivity index (χ0n) is 35.8.